The van der Waals surface area contributed by atoms with Crippen LogP contribution in [-0.2, 0) is 6.61 Å². The molecular formula is C25H24ClF7N2O3. The van der Waals surface area contributed by atoms with Gasteiger partial charge < -0.3 is 9.84 Å². The average molecular weight is 569 g/mol. The third kappa shape index (κ3) is 6.40. The number of halogens is 8. The number of Topliss-reactive ketones (excluding diaryl/α,β-unsaturated/α-hetero) is 1. The summed E-state index contributed by atoms with van der Waals surface area (Å²) in [4.78, 5) is 17.3. The molecule has 0 bridgehead atoms. The largest absolute Gasteiger partial charge is 0.485 e. The van der Waals surface area contributed by atoms with E-state index in [1.54, 1.807) is 6.92 Å². The lowest BCUT2D eigenvalue weighted by Gasteiger charge is -2.30. The minimum absolute atomic E-state index is 0.00381. The maximum absolute atomic E-state index is 14.0. The molecule has 0 radical (unpaired) electrons. The fourth-order valence-corrected chi connectivity index (χ4v) is 4.19. The molecule has 3 aromatic rings. The number of carbonyl (C=O) groups excluding carboxylic acids is 1. The van der Waals surface area contributed by atoms with Crippen molar-refractivity contribution in [3.8, 4) is 5.75 Å². The first-order valence-corrected chi connectivity index (χ1v) is 11.7. The molecule has 1 N–H and O–H groups in total. The smallest absolute Gasteiger partial charge is 0.453 e. The summed E-state index contributed by atoms with van der Waals surface area (Å²) in [5.41, 5.74) is -1.82. The lowest BCUT2D eigenvalue weighted by atomic mass is 9.82. The summed E-state index contributed by atoms with van der Waals surface area (Å²) in [6.45, 7) is 3.51. The summed E-state index contributed by atoms with van der Waals surface area (Å²) in [5, 5.41) is 10.1. The number of fused-ring (bicyclic) bond motifs is 1. The number of benzene rings is 1. The first-order chi connectivity index (χ1) is 17.4. The van der Waals surface area contributed by atoms with E-state index in [0.717, 1.165) is 12.1 Å². The van der Waals surface area contributed by atoms with Gasteiger partial charge in [0.1, 0.15) is 23.9 Å². The van der Waals surface area contributed by atoms with Crippen LogP contribution in [0.2, 0.25) is 5.15 Å². The number of aromatic nitrogens is 2. The number of imidazole rings is 1. The molecule has 1 unspecified atom stereocenters. The summed E-state index contributed by atoms with van der Waals surface area (Å²) in [5.74, 6) is -8.70. The van der Waals surface area contributed by atoms with Crippen molar-refractivity contribution in [2.24, 2.45) is 5.92 Å². The topological polar surface area (TPSA) is 63.8 Å². The number of rotatable bonds is 10. The van der Waals surface area contributed by atoms with E-state index in [0.29, 0.717) is 5.56 Å². The molecule has 0 aliphatic heterocycles. The highest BCUT2D eigenvalue weighted by Crippen LogP contribution is 2.41. The Morgan fingerprint density at radius 1 is 1.16 bits per heavy atom. The van der Waals surface area contributed by atoms with Crippen molar-refractivity contribution >= 4 is 23.0 Å². The number of hydrogen-bond acceptors (Lipinski definition) is 4. The van der Waals surface area contributed by atoms with Gasteiger partial charge in [0.25, 0.3) is 0 Å². The van der Waals surface area contributed by atoms with Crippen LogP contribution in [0, 0.1) is 24.5 Å². The highest BCUT2D eigenvalue weighted by atomic mass is 35.5. The minimum atomic E-state index is -5.77. The van der Waals surface area contributed by atoms with E-state index in [4.69, 9.17) is 16.3 Å². The Hall–Kier alpha value is -2.86. The second-order valence-electron chi connectivity index (χ2n) is 9.53. The highest BCUT2D eigenvalue weighted by molar-refractivity contribution is 6.33. The van der Waals surface area contributed by atoms with Crippen molar-refractivity contribution in [1.82, 2.24) is 9.38 Å². The SMILES string of the molecule is Cc1cc(OCc2c(F)cccc2F)c2nc(Cl)c(C(=O)CC(CCC(F)(F)C(F)(F)F)C(C)(C)O)n2c1. The quantitative estimate of drug-likeness (QED) is 0.209. The molecule has 5 nitrogen and oxygen atoms in total. The standard InChI is InChI=1S/C25H24ClF7N2O3/c1-13-9-19(38-12-15-16(27)5-4-6-17(15)28)22-34-21(26)20(35(22)11-13)18(36)10-14(23(2,3)37)7-8-24(29,30)25(31,32)33/h4-6,9,11,14,37H,7-8,10,12H2,1-3H3. The van der Waals surface area contributed by atoms with Crippen LogP contribution >= 0.6 is 11.6 Å². The molecule has 0 aliphatic rings. The molecule has 3 rings (SSSR count). The predicted octanol–water partition coefficient (Wildman–Crippen LogP) is 7.09. The molecule has 13 heteroatoms. The molecule has 0 saturated carbocycles. The molecule has 208 valence electrons. The number of ketones is 1. The van der Waals surface area contributed by atoms with Gasteiger partial charge in [-0.25, -0.2) is 13.8 Å². The fraction of sp³-hybridized carbons (Fsp3) is 0.440. The third-order valence-electron chi connectivity index (χ3n) is 6.13. The van der Waals surface area contributed by atoms with Crippen LogP contribution in [0.3, 0.4) is 0 Å². The Labute approximate surface area is 218 Å². The molecule has 38 heavy (non-hydrogen) atoms. The monoisotopic (exact) mass is 568 g/mol. The molecule has 0 spiro atoms. The number of nitrogens with zero attached hydrogens (tertiary/aromatic N) is 2. The van der Waals surface area contributed by atoms with Gasteiger partial charge in [0, 0.05) is 19.0 Å². The van der Waals surface area contributed by atoms with Crippen LogP contribution in [0.15, 0.2) is 30.5 Å². The molecule has 2 aromatic heterocycles. The first kappa shape index (κ1) is 29.7. The van der Waals surface area contributed by atoms with E-state index in [1.165, 1.54) is 36.6 Å². The third-order valence-corrected chi connectivity index (χ3v) is 6.39. The zero-order valence-corrected chi connectivity index (χ0v) is 21.2. The maximum atomic E-state index is 14.0. The second kappa shape index (κ2) is 10.7. The number of hydrogen-bond donors (Lipinski definition) is 1. The van der Waals surface area contributed by atoms with E-state index in [9.17, 15) is 40.6 Å². The lowest BCUT2D eigenvalue weighted by molar-refractivity contribution is -0.285. The summed E-state index contributed by atoms with van der Waals surface area (Å²) in [6.07, 6.45) is -7.36. The Kier molecular flexibility index (Phi) is 8.38. The Morgan fingerprint density at radius 3 is 2.32 bits per heavy atom. The Balaban J connectivity index is 1.91. The van der Waals surface area contributed by atoms with Crippen LogP contribution in [0.5, 0.6) is 5.75 Å². The van der Waals surface area contributed by atoms with Gasteiger partial charge in [-0.1, -0.05) is 17.7 Å². The van der Waals surface area contributed by atoms with Crippen molar-refractivity contribution < 1.29 is 45.4 Å². The number of pyridine rings is 1. The van der Waals surface area contributed by atoms with Gasteiger partial charge in [-0.15, -0.1) is 0 Å². The summed E-state index contributed by atoms with van der Waals surface area (Å²) >= 11 is 6.20. The van der Waals surface area contributed by atoms with Crippen molar-refractivity contribution in [2.45, 2.75) is 64.3 Å². The van der Waals surface area contributed by atoms with Gasteiger partial charge in [-0.2, -0.15) is 22.0 Å². The fourth-order valence-electron chi connectivity index (χ4n) is 3.92. The Bertz CT molecular complexity index is 1310. The summed E-state index contributed by atoms with van der Waals surface area (Å²) in [7, 11) is 0. The van der Waals surface area contributed by atoms with Crippen LogP contribution in [-0.4, -0.2) is 38.0 Å². The van der Waals surface area contributed by atoms with Crippen LogP contribution in [0.1, 0.15) is 54.7 Å². The molecule has 2 heterocycles. The van der Waals surface area contributed by atoms with Crippen molar-refractivity contribution in [2.75, 3.05) is 0 Å². The average Bonchev–Trinajstić information content (AvgIpc) is 3.10. The van der Waals surface area contributed by atoms with E-state index in [-0.39, 0.29) is 27.8 Å². The zero-order chi connectivity index (χ0) is 28.6. The lowest BCUT2D eigenvalue weighted by Crippen LogP contribution is -2.39. The summed E-state index contributed by atoms with van der Waals surface area (Å²) < 4.78 is 99.7. The number of aryl methyl sites for hydroxylation is 1. The van der Waals surface area contributed by atoms with Crippen LogP contribution in [0.25, 0.3) is 5.65 Å². The van der Waals surface area contributed by atoms with Gasteiger partial charge in [0.05, 0.1) is 11.2 Å². The molecule has 0 amide bonds. The number of alkyl halides is 5. The zero-order valence-electron chi connectivity index (χ0n) is 20.5. The van der Waals surface area contributed by atoms with Crippen molar-refractivity contribution in [3.63, 3.8) is 0 Å². The van der Waals surface area contributed by atoms with Crippen LogP contribution in [0.4, 0.5) is 30.7 Å². The second-order valence-corrected chi connectivity index (χ2v) is 9.89. The number of carbonyl (C=O) groups is 1. The molecule has 1 atom stereocenters. The molecule has 0 saturated heterocycles. The summed E-state index contributed by atoms with van der Waals surface area (Å²) in [6, 6.07) is 4.79. The number of aliphatic hydroxyl groups is 1. The molecule has 0 fully saturated rings. The van der Waals surface area contributed by atoms with E-state index < -0.39 is 66.9 Å². The highest BCUT2D eigenvalue weighted by Gasteiger charge is 2.57. The van der Waals surface area contributed by atoms with E-state index in [1.807, 2.05) is 0 Å². The van der Waals surface area contributed by atoms with Gasteiger partial charge >= 0.3 is 12.1 Å². The van der Waals surface area contributed by atoms with Gasteiger partial charge in [-0.05, 0) is 56.9 Å². The maximum Gasteiger partial charge on any atom is 0.453 e. The van der Waals surface area contributed by atoms with Crippen molar-refractivity contribution in [1.29, 1.82) is 0 Å². The van der Waals surface area contributed by atoms with E-state index in [2.05, 4.69) is 4.98 Å². The van der Waals surface area contributed by atoms with Gasteiger partial charge in [0.2, 0.25) is 0 Å². The Morgan fingerprint density at radius 2 is 1.76 bits per heavy atom. The molecule has 1 aromatic carbocycles. The number of ether oxygens (including phenoxy) is 1. The normalized spacial score (nSPS) is 13.7. The van der Waals surface area contributed by atoms with Gasteiger partial charge in [-0.3, -0.25) is 9.20 Å². The molecule has 0 aliphatic carbocycles. The predicted molar refractivity (Wildman–Crippen MR) is 125 cm³/mol. The van der Waals surface area contributed by atoms with E-state index >= 15 is 0 Å². The van der Waals surface area contributed by atoms with Gasteiger partial charge in [0.15, 0.2) is 22.3 Å². The molecular weight excluding hydrogens is 545 g/mol. The van der Waals surface area contributed by atoms with Crippen molar-refractivity contribution in [3.05, 3.63) is 64.1 Å². The van der Waals surface area contributed by atoms with Crippen LogP contribution < -0.4 is 4.74 Å². The first-order valence-electron chi connectivity index (χ1n) is 11.4. The minimum Gasteiger partial charge on any atom is -0.485 e.